The van der Waals surface area contributed by atoms with E-state index < -0.39 is 0 Å². The number of benzene rings is 2. The summed E-state index contributed by atoms with van der Waals surface area (Å²) in [5, 5.41) is 2.23. The van der Waals surface area contributed by atoms with Crippen LogP contribution in [0.1, 0.15) is 21.5 Å². The molecule has 2 heteroatoms. The maximum atomic E-state index is 12.5. The first-order valence-electron chi connectivity index (χ1n) is 6.20. The Morgan fingerprint density at radius 2 is 1.79 bits per heavy atom. The highest BCUT2D eigenvalue weighted by molar-refractivity contribution is 6.11. The fourth-order valence-electron chi connectivity index (χ4n) is 2.21. The standard InChI is InChI=1S/C17H13NO/c1-12-11-18-9-8-16(12)17(19)15-7-6-13-4-2-3-5-14(13)10-15/h2-11H,1H3. The number of aryl methyl sites for hydroxylation is 1. The largest absolute Gasteiger partial charge is 0.289 e. The fourth-order valence-corrected chi connectivity index (χ4v) is 2.21. The van der Waals surface area contributed by atoms with Gasteiger partial charge in [-0.15, -0.1) is 0 Å². The van der Waals surface area contributed by atoms with Crippen LogP contribution < -0.4 is 0 Å². The van der Waals surface area contributed by atoms with Crippen LogP contribution in [0.5, 0.6) is 0 Å². The number of rotatable bonds is 2. The zero-order valence-electron chi connectivity index (χ0n) is 10.6. The van der Waals surface area contributed by atoms with Gasteiger partial charge in [0.2, 0.25) is 0 Å². The molecular weight excluding hydrogens is 234 g/mol. The van der Waals surface area contributed by atoms with Crippen molar-refractivity contribution >= 4 is 16.6 Å². The number of hydrogen-bond acceptors (Lipinski definition) is 2. The molecule has 0 fully saturated rings. The number of carbonyl (C=O) groups excluding carboxylic acids is 1. The van der Waals surface area contributed by atoms with E-state index in [1.165, 1.54) is 0 Å². The third-order valence-corrected chi connectivity index (χ3v) is 3.28. The monoisotopic (exact) mass is 247 g/mol. The van der Waals surface area contributed by atoms with E-state index in [1.54, 1.807) is 18.5 Å². The van der Waals surface area contributed by atoms with Crippen LogP contribution in [0.25, 0.3) is 10.8 Å². The van der Waals surface area contributed by atoms with Gasteiger partial charge >= 0.3 is 0 Å². The zero-order valence-corrected chi connectivity index (χ0v) is 10.6. The lowest BCUT2D eigenvalue weighted by Gasteiger charge is -2.05. The molecule has 2 aromatic carbocycles. The third kappa shape index (κ3) is 2.13. The van der Waals surface area contributed by atoms with Crippen LogP contribution in [-0.2, 0) is 0 Å². The molecule has 3 aromatic rings. The van der Waals surface area contributed by atoms with Gasteiger partial charge in [-0.2, -0.15) is 0 Å². The van der Waals surface area contributed by atoms with Crippen molar-refractivity contribution in [2.24, 2.45) is 0 Å². The molecule has 0 saturated heterocycles. The van der Waals surface area contributed by atoms with Crippen LogP contribution >= 0.6 is 0 Å². The summed E-state index contributed by atoms with van der Waals surface area (Å²) in [5.41, 5.74) is 2.33. The van der Waals surface area contributed by atoms with E-state index in [1.807, 2.05) is 49.4 Å². The fraction of sp³-hybridized carbons (Fsp3) is 0.0588. The van der Waals surface area contributed by atoms with Crippen LogP contribution in [0, 0.1) is 6.92 Å². The highest BCUT2D eigenvalue weighted by Gasteiger charge is 2.11. The Morgan fingerprint density at radius 1 is 1.00 bits per heavy atom. The molecule has 0 aliphatic rings. The first-order chi connectivity index (χ1) is 9.25. The number of ketones is 1. The number of nitrogens with zero attached hydrogens (tertiary/aromatic N) is 1. The van der Waals surface area contributed by atoms with Crippen LogP contribution in [-0.4, -0.2) is 10.8 Å². The average molecular weight is 247 g/mol. The van der Waals surface area contributed by atoms with Crippen molar-refractivity contribution in [2.75, 3.05) is 0 Å². The van der Waals surface area contributed by atoms with Gasteiger partial charge in [0.15, 0.2) is 5.78 Å². The van der Waals surface area contributed by atoms with Gasteiger partial charge in [0.1, 0.15) is 0 Å². The summed E-state index contributed by atoms with van der Waals surface area (Å²) in [7, 11) is 0. The molecule has 0 unspecified atom stereocenters. The summed E-state index contributed by atoms with van der Waals surface area (Å²) < 4.78 is 0. The predicted octanol–water partition coefficient (Wildman–Crippen LogP) is 3.77. The summed E-state index contributed by atoms with van der Waals surface area (Å²) >= 11 is 0. The summed E-state index contributed by atoms with van der Waals surface area (Å²) in [6, 6.07) is 15.6. The van der Waals surface area contributed by atoms with Gasteiger partial charge in [0.05, 0.1) is 0 Å². The van der Waals surface area contributed by atoms with Gasteiger partial charge in [-0.1, -0.05) is 36.4 Å². The lowest BCUT2D eigenvalue weighted by molar-refractivity contribution is 0.103. The van der Waals surface area contributed by atoms with Gasteiger partial charge in [0, 0.05) is 23.5 Å². The van der Waals surface area contributed by atoms with E-state index in [-0.39, 0.29) is 5.78 Å². The number of fused-ring (bicyclic) bond motifs is 1. The summed E-state index contributed by atoms with van der Waals surface area (Å²) in [5.74, 6) is 0.0469. The number of hydrogen-bond donors (Lipinski definition) is 0. The predicted molar refractivity (Wildman–Crippen MR) is 76.4 cm³/mol. The second-order valence-electron chi connectivity index (χ2n) is 4.58. The molecule has 1 heterocycles. The van der Waals surface area contributed by atoms with Crippen molar-refractivity contribution in [1.82, 2.24) is 4.98 Å². The Kier molecular flexibility index (Phi) is 2.84. The summed E-state index contributed by atoms with van der Waals surface area (Å²) in [6.45, 7) is 1.90. The molecule has 0 bridgehead atoms. The molecule has 1 aromatic heterocycles. The molecule has 0 aliphatic heterocycles. The Balaban J connectivity index is 2.09. The van der Waals surface area contributed by atoms with Gasteiger partial charge in [-0.3, -0.25) is 9.78 Å². The number of aromatic nitrogens is 1. The SMILES string of the molecule is Cc1cnccc1C(=O)c1ccc2ccccc2c1. The van der Waals surface area contributed by atoms with Crippen molar-refractivity contribution in [3.05, 3.63) is 77.6 Å². The van der Waals surface area contributed by atoms with E-state index in [0.717, 1.165) is 16.3 Å². The maximum absolute atomic E-state index is 12.5. The van der Waals surface area contributed by atoms with Crippen molar-refractivity contribution in [3.8, 4) is 0 Å². The summed E-state index contributed by atoms with van der Waals surface area (Å²) in [4.78, 5) is 16.5. The quantitative estimate of drug-likeness (QED) is 0.645. The van der Waals surface area contributed by atoms with Gasteiger partial charge in [0.25, 0.3) is 0 Å². The zero-order chi connectivity index (χ0) is 13.2. The number of carbonyl (C=O) groups is 1. The molecule has 19 heavy (non-hydrogen) atoms. The molecule has 92 valence electrons. The number of pyridine rings is 1. The molecule has 2 nitrogen and oxygen atoms in total. The van der Waals surface area contributed by atoms with Crippen LogP contribution in [0.3, 0.4) is 0 Å². The molecule has 0 radical (unpaired) electrons. The summed E-state index contributed by atoms with van der Waals surface area (Å²) in [6.07, 6.45) is 3.37. The van der Waals surface area contributed by atoms with Gasteiger partial charge < -0.3 is 0 Å². The van der Waals surface area contributed by atoms with Gasteiger partial charge in [-0.25, -0.2) is 0 Å². The van der Waals surface area contributed by atoms with E-state index in [9.17, 15) is 4.79 Å². The van der Waals surface area contributed by atoms with Crippen molar-refractivity contribution in [2.45, 2.75) is 6.92 Å². The Bertz CT molecular complexity index is 762. The Morgan fingerprint density at radius 3 is 2.58 bits per heavy atom. The first-order valence-corrected chi connectivity index (χ1v) is 6.20. The molecule has 0 aliphatic carbocycles. The molecule has 0 spiro atoms. The molecule has 3 rings (SSSR count). The molecule has 0 atom stereocenters. The minimum Gasteiger partial charge on any atom is -0.289 e. The third-order valence-electron chi connectivity index (χ3n) is 3.28. The lowest BCUT2D eigenvalue weighted by atomic mass is 9.98. The van der Waals surface area contributed by atoms with Gasteiger partial charge in [-0.05, 0) is 35.4 Å². The van der Waals surface area contributed by atoms with E-state index in [2.05, 4.69) is 4.98 Å². The first kappa shape index (κ1) is 11.6. The van der Waals surface area contributed by atoms with Crippen molar-refractivity contribution in [1.29, 1.82) is 0 Å². The minimum atomic E-state index is 0.0469. The van der Waals surface area contributed by atoms with Crippen LogP contribution in [0.4, 0.5) is 0 Å². The van der Waals surface area contributed by atoms with E-state index in [4.69, 9.17) is 0 Å². The highest BCUT2D eigenvalue weighted by Crippen LogP contribution is 2.19. The average Bonchev–Trinajstić information content (AvgIpc) is 2.46. The maximum Gasteiger partial charge on any atom is 0.193 e. The minimum absolute atomic E-state index is 0.0469. The Labute approximate surface area is 111 Å². The van der Waals surface area contributed by atoms with E-state index >= 15 is 0 Å². The molecule has 0 N–H and O–H groups in total. The van der Waals surface area contributed by atoms with E-state index in [0.29, 0.717) is 11.1 Å². The highest BCUT2D eigenvalue weighted by atomic mass is 16.1. The molecule has 0 saturated carbocycles. The molecular formula is C17H13NO. The Hall–Kier alpha value is -2.48. The topological polar surface area (TPSA) is 30.0 Å². The smallest absolute Gasteiger partial charge is 0.193 e. The lowest BCUT2D eigenvalue weighted by Crippen LogP contribution is -2.03. The molecule has 0 amide bonds. The van der Waals surface area contributed by atoms with Crippen molar-refractivity contribution in [3.63, 3.8) is 0 Å². The van der Waals surface area contributed by atoms with Crippen LogP contribution in [0.15, 0.2) is 60.9 Å². The normalized spacial score (nSPS) is 10.6. The van der Waals surface area contributed by atoms with Crippen LogP contribution in [0.2, 0.25) is 0 Å². The van der Waals surface area contributed by atoms with Crippen molar-refractivity contribution < 1.29 is 4.79 Å². The second kappa shape index (κ2) is 4.65. The second-order valence-corrected chi connectivity index (χ2v) is 4.58.